The van der Waals surface area contributed by atoms with Gasteiger partial charge in [-0.25, -0.2) is 0 Å². The van der Waals surface area contributed by atoms with Gasteiger partial charge in [0, 0.05) is 16.5 Å². The minimum absolute atomic E-state index is 0.00866. The second-order valence-corrected chi connectivity index (χ2v) is 6.45. The molecule has 5 heteroatoms. The molecule has 2 aromatic rings. The van der Waals surface area contributed by atoms with Gasteiger partial charge in [-0.1, -0.05) is 23.7 Å². The molecule has 1 atom stereocenters. The zero-order chi connectivity index (χ0) is 14.0. The molecule has 0 aliphatic heterocycles. The number of benzene rings is 1. The largest absolute Gasteiger partial charge is 0.334 e. The van der Waals surface area contributed by atoms with Crippen molar-refractivity contribution >= 4 is 44.8 Å². The lowest BCUT2D eigenvalue weighted by Gasteiger charge is -2.25. The maximum absolute atomic E-state index is 12.4. The lowest BCUT2D eigenvalue weighted by atomic mass is 10.1. The standard InChI is InChI=1S/C14H13BrClNOS/c1-9(10-4-3-5-11(16)8-10)17(2)14(18)13-12(15)6-7-19-13/h3-9H,1-2H3. The first kappa shape index (κ1) is 14.6. The molecule has 1 unspecified atom stereocenters. The van der Waals surface area contributed by atoms with Crippen LogP contribution in [0, 0.1) is 0 Å². The zero-order valence-electron chi connectivity index (χ0n) is 10.6. The number of amides is 1. The summed E-state index contributed by atoms with van der Waals surface area (Å²) in [7, 11) is 1.81. The molecule has 0 bridgehead atoms. The number of carbonyl (C=O) groups is 1. The molecular weight excluding hydrogens is 346 g/mol. The van der Waals surface area contributed by atoms with Crippen molar-refractivity contribution in [2.24, 2.45) is 0 Å². The van der Waals surface area contributed by atoms with E-state index in [4.69, 9.17) is 11.6 Å². The highest BCUT2D eigenvalue weighted by atomic mass is 79.9. The van der Waals surface area contributed by atoms with Crippen LogP contribution in [-0.4, -0.2) is 17.9 Å². The summed E-state index contributed by atoms with van der Waals surface area (Å²) >= 11 is 10.8. The van der Waals surface area contributed by atoms with Gasteiger partial charge in [0.15, 0.2) is 0 Å². The monoisotopic (exact) mass is 357 g/mol. The van der Waals surface area contributed by atoms with Crippen LogP contribution in [-0.2, 0) is 0 Å². The quantitative estimate of drug-likeness (QED) is 0.756. The summed E-state index contributed by atoms with van der Waals surface area (Å²) in [6, 6.07) is 9.45. The number of halogens is 2. The number of nitrogens with zero attached hydrogens (tertiary/aromatic N) is 1. The van der Waals surface area contributed by atoms with E-state index < -0.39 is 0 Å². The first-order chi connectivity index (χ1) is 9.00. The fraction of sp³-hybridized carbons (Fsp3) is 0.214. The van der Waals surface area contributed by atoms with Gasteiger partial charge in [-0.2, -0.15) is 0 Å². The summed E-state index contributed by atoms with van der Waals surface area (Å²) < 4.78 is 0.840. The third kappa shape index (κ3) is 3.19. The second-order valence-electron chi connectivity index (χ2n) is 4.24. The van der Waals surface area contributed by atoms with Crippen molar-refractivity contribution in [1.82, 2.24) is 4.90 Å². The van der Waals surface area contributed by atoms with Crippen LogP contribution in [0.25, 0.3) is 0 Å². The van der Waals surface area contributed by atoms with Gasteiger partial charge in [-0.3, -0.25) is 4.79 Å². The van der Waals surface area contributed by atoms with Gasteiger partial charge >= 0.3 is 0 Å². The van der Waals surface area contributed by atoms with Crippen LogP contribution >= 0.6 is 38.9 Å². The summed E-state index contributed by atoms with van der Waals surface area (Å²) in [5, 5.41) is 2.58. The Morgan fingerprint density at radius 2 is 2.16 bits per heavy atom. The van der Waals surface area contributed by atoms with Crippen LogP contribution < -0.4 is 0 Å². The highest BCUT2D eigenvalue weighted by molar-refractivity contribution is 9.10. The van der Waals surface area contributed by atoms with Crippen molar-refractivity contribution < 1.29 is 4.79 Å². The predicted molar refractivity (Wildman–Crippen MR) is 84.0 cm³/mol. The molecular formula is C14H13BrClNOS. The van der Waals surface area contributed by atoms with E-state index in [2.05, 4.69) is 15.9 Å². The number of thiophene rings is 1. The lowest BCUT2D eigenvalue weighted by molar-refractivity contribution is 0.0746. The molecule has 0 aliphatic rings. The van der Waals surface area contributed by atoms with E-state index in [1.54, 1.807) is 11.9 Å². The van der Waals surface area contributed by atoms with Crippen molar-refractivity contribution in [1.29, 1.82) is 0 Å². The number of carbonyl (C=O) groups excluding carboxylic acids is 1. The Balaban J connectivity index is 2.22. The molecule has 1 heterocycles. The first-order valence-corrected chi connectivity index (χ1v) is 7.81. The molecule has 0 radical (unpaired) electrons. The van der Waals surface area contributed by atoms with Crippen LogP contribution in [0.15, 0.2) is 40.2 Å². The molecule has 100 valence electrons. The average Bonchev–Trinajstić information content (AvgIpc) is 2.82. The second kappa shape index (κ2) is 6.07. The molecule has 1 amide bonds. The van der Waals surface area contributed by atoms with Crippen LogP contribution in [0.2, 0.25) is 5.02 Å². The van der Waals surface area contributed by atoms with Crippen molar-refractivity contribution in [3.8, 4) is 0 Å². The molecule has 2 nitrogen and oxygen atoms in total. The first-order valence-electron chi connectivity index (χ1n) is 5.76. The fourth-order valence-electron chi connectivity index (χ4n) is 1.77. The van der Waals surface area contributed by atoms with Crippen LogP contribution in [0.4, 0.5) is 0 Å². The predicted octanol–water partition coefficient (Wildman–Crippen LogP) is 5.00. The summed E-state index contributed by atoms with van der Waals surface area (Å²) in [5.74, 6) is 0.00866. The van der Waals surface area contributed by atoms with E-state index in [-0.39, 0.29) is 11.9 Å². The van der Waals surface area contributed by atoms with Crippen molar-refractivity contribution in [3.63, 3.8) is 0 Å². The molecule has 0 spiro atoms. The number of hydrogen-bond donors (Lipinski definition) is 0. The van der Waals surface area contributed by atoms with Crippen LogP contribution in [0.5, 0.6) is 0 Å². The van der Waals surface area contributed by atoms with Gasteiger partial charge in [0.1, 0.15) is 4.88 Å². The van der Waals surface area contributed by atoms with E-state index >= 15 is 0 Å². The Labute approximate surface area is 130 Å². The maximum atomic E-state index is 12.4. The minimum Gasteiger partial charge on any atom is -0.334 e. The lowest BCUT2D eigenvalue weighted by Crippen LogP contribution is -2.29. The third-order valence-electron chi connectivity index (χ3n) is 3.04. The van der Waals surface area contributed by atoms with Gasteiger partial charge in [0.25, 0.3) is 5.91 Å². The molecule has 0 saturated heterocycles. The Morgan fingerprint density at radius 3 is 2.74 bits per heavy atom. The smallest absolute Gasteiger partial charge is 0.265 e. The van der Waals surface area contributed by atoms with Gasteiger partial charge in [-0.15, -0.1) is 11.3 Å². The highest BCUT2D eigenvalue weighted by Gasteiger charge is 2.21. The Morgan fingerprint density at radius 1 is 1.42 bits per heavy atom. The molecule has 0 aliphatic carbocycles. The third-order valence-corrected chi connectivity index (χ3v) is 5.10. The Kier molecular flexibility index (Phi) is 4.66. The van der Waals surface area contributed by atoms with E-state index in [1.807, 2.05) is 42.6 Å². The van der Waals surface area contributed by atoms with Gasteiger partial charge in [-0.05, 0) is 52.0 Å². The normalized spacial score (nSPS) is 12.2. The molecule has 19 heavy (non-hydrogen) atoms. The SMILES string of the molecule is CC(c1cccc(Cl)c1)N(C)C(=O)c1sccc1Br. The number of rotatable bonds is 3. The molecule has 1 aromatic carbocycles. The summed E-state index contributed by atoms with van der Waals surface area (Å²) in [5.41, 5.74) is 1.02. The Bertz CT molecular complexity index is 599. The Hall–Kier alpha value is -0.840. The maximum Gasteiger partial charge on any atom is 0.265 e. The van der Waals surface area contributed by atoms with Crippen molar-refractivity contribution in [2.45, 2.75) is 13.0 Å². The van der Waals surface area contributed by atoms with Crippen LogP contribution in [0.1, 0.15) is 28.2 Å². The molecule has 0 saturated carbocycles. The van der Waals surface area contributed by atoms with E-state index in [0.717, 1.165) is 14.9 Å². The fourth-order valence-corrected chi connectivity index (χ4v) is 3.49. The van der Waals surface area contributed by atoms with Gasteiger partial charge in [0.05, 0.1) is 6.04 Å². The summed E-state index contributed by atoms with van der Waals surface area (Å²) in [4.78, 5) is 14.8. The number of hydrogen-bond acceptors (Lipinski definition) is 2. The zero-order valence-corrected chi connectivity index (χ0v) is 13.7. The van der Waals surface area contributed by atoms with Crippen molar-refractivity contribution in [3.05, 3.63) is 55.6 Å². The van der Waals surface area contributed by atoms with Gasteiger partial charge < -0.3 is 4.90 Å². The highest BCUT2D eigenvalue weighted by Crippen LogP contribution is 2.28. The van der Waals surface area contributed by atoms with Gasteiger partial charge in [0.2, 0.25) is 0 Å². The average molecular weight is 359 g/mol. The molecule has 1 aromatic heterocycles. The molecule has 2 rings (SSSR count). The minimum atomic E-state index is -0.0276. The summed E-state index contributed by atoms with van der Waals surface area (Å²) in [6.07, 6.45) is 0. The topological polar surface area (TPSA) is 20.3 Å². The van der Waals surface area contributed by atoms with E-state index in [1.165, 1.54) is 11.3 Å². The van der Waals surface area contributed by atoms with Crippen LogP contribution in [0.3, 0.4) is 0 Å². The van der Waals surface area contributed by atoms with Crippen molar-refractivity contribution in [2.75, 3.05) is 7.05 Å². The van der Waals surface area contributed by atoms with E-state index in [0.29, 0.717) is 5.02 Å². The van der Waals surface area contributed by atoms with E-state index in [9.17, 15) is 4.79 Å². The summed E-state index contributed by atoms with van der Waals surface area (Å²) in [6.45, 7) is 1.99. The molecule has 0 fully saturated rings. The molecule has 0 N–H and O–H groups in total.